The molecule has 5 nitrogen and oxygen atoms in total. The van der Waals surface area contributed by atoms with Crippen LogP contribution in [-0.4, -0.2) is 29.7 Å². The van der Waals surface area contributed by atoms with Gasteiger partial charge in [-0.1, -0.05) is 0 Å². The smallest absolute Gasteiger partial charge is 0.376 e. The standard InChI is InChI=1S/C8H10N2O3/c1-3-13-6-4-5-9-7(10-6)8(11)12-2/h4-5H,3H2,1-2H3. The highest BCUT2D eigenvalue weighted by atomic mass is 16.5. The fourth-order valence-electron chi connectivity index (χ4n) is 0.760. The number of methoxy groups -OCH3 is 1. The summed E-state index contributed by atoms with van der Waals surface area (Å²) >= 11 is 0. The maximum absolute atomic E-state index is 11.0. The van der Waals surface area contributed by atoms with Crippen LogP contribution < -0.4 is 4.74 Å². The van der Waals surface area contributed by atoms with Crippen molar-refractivity contribution in [2.24, 2.45) is 0 Å². The van der Waals surface area contributed by atoms with E-state index >= 15 is 0 Å². The molecule has 0 saturated heterocycles. The molecule has 0 spiro atoms. The molecule has 70 valence electrons. The van der Waals surface area contributed by atoms with E-state index in [4.69, 9.17) is 4.74 Å². The van der Waals surface area contributed by atoms with Crippen LogP contribution in [0.25, 0.3) is 0 Å². The summed E-state index contributed by atoms with van der Waals surface area (Å²) in [5.74, 6) is -0.187. The van der Waals surface area contributed by atoms with Crippen molar-refractivity contribution in [1.29, 1.82) is 0 Å². The molecule has 0 bridgehead atoms. The third kappa shape index (κ3) is 2.40. The maximum Gasteiger partial charge on any atom is 0.376 e. The molecule has 1 rings (SSSR count). The number of hydrogen-bond acceptors (Lipinski definition) is 5. The molecule has 0 aliphatic carbocycles. The van der Waals surface area contributed by atoms with Crippen LogP contribution in [0.3, 0.4) is 0 Å². The van der Waals surface area contributed by atoms with Crippen LogP contribution in [0.4, 0.5) is 0 Å². The Kier molecular flexibility index (Phi) is 3.19. The lowest BCUT2D eigenvalue weighted by molar-refractivity contribution is 0.0585. The van der Waals surface area contributed by atoms with E-state index in [-0.39, 0.29) is 5.82 Å². The van der Waals surface area contributed by atoms with Crippen LogP contribution in [0.2, 0.25) is 0 Å². The van der Waals surface area contributed by atoms with Crippen LogP contribution in [-0.2, 0) is 4.74 Å². The fraction of sp³-hybridized carbons (Fsp3) is 0.375. The molecule has 1 aromatic rings. The Morgan fingerprint density at radius 2 is 2.38 bits per heavy atom. The van der Waals surface area contributed by atoms with Crippen molar-refractivity contribution >= 4 is 5.97 Å². The Hall–Kier alpha value is -1.65. The Morgan fingerprint density at radius 3 is 3.00 bits per heavy atom. The molecule has 5 heteroatoms. The van der Waals surface area contributed by atoms with Crippen molar-refractivity contribution in [2.75, 3.05) is 13.7 Å². The van der Waals surface area contributed by atoms with Crippen LogP contribution in [0.15, 0.2) is 12.3 Å². The van der Waals surface area contributed by atoms with Crippen LogP contribution in [0.1, 0.15) is 17.5 Å². The lowest BCUT2D eigenvalue weighted by Gasteiger charge is -2.01. The molecular weight excluding hydrogens is 172 g/mol. The van der Waals surface area contributed by atoms with Gasteiger partial charge in [0.05, 0.1) is 13.7 Å². The van der Waals surface area contributed by atoms with Crippen molar-refractivity contribution in [3.8, 4) is 5.88 Å². The highest BCUT2D eigenvalue weighted by Gasteiger charge is 2.09. The van der Waals surface area contributed by atoms with Crippen molar-refractivity contribution < 1.29 is 14.3 Å². The number of rotatable bonds is 3. The average Bonchev–Trinajstić information content (AvgIpc) is 2.18. The third-order valence-electron chi connectivity index (χ3n) is 1.29. The van der Waals surface area contributed by atoms with E-state index in [0.717, 1.165) is 0 Å². The minimum absolute atomic E-state index is 0.00782. The molecule has 0 atom stereocenters. The first-order chi connectivity index (χ1) is 6.27. The van der Waals surface area contributed by atoms with Crippen molar-refractivity contribution in [3.05, 3.63) is 18.1 Å². The quantitative estimate of drug-likeness (QED) is 0.642. The van der Waals surface area contributed by atoms with Gasteiger partial charge in [-0.2, -0.15) is 4.98 Å². The maximum atomic E-state index is 11.0. The van der Waals surface area contributed by atoms with Gasteiger partial charge in [-0.05, 0) is 6.92 Å². The molecule has 0 amide bonds. The minimum atomic E-state index is -0.568. The van der Waals surface area contributed by atoms with Crippen LogP contribution >= 0.6 is 0 Å². The predicted molar refractivity (Wildman–Crippen MR) is 44.5 cm³/mol. The van der Waals surface area contributed by atoms with Gasteiger partial charge in [-0.25, -0.2) is 9.78 Å². The first-order valence-corrected chi connectivity index (χ1v) is 3.82. The van der Waals surface area contributed by atoms with E-state index in [1.54, 1.807) is 6.07 Å². The molecule has 0 aliphatic rings. The number of esters is 1. The van der Waals surface area contributed by atoms with Gasteiger partial charge in [-0.15, -0.1) is 0 Å². The van der Waals surface area contributed by atoms with Gasteiger partial charge in [0.1, 0.15) is 0 Å². The molecule has 0 N–H and O–H groups in total. The molecule has 13 heavy (non-hydrogen) atoms. The van der Waals surface area contributed by atoms with Gasteiger partial charge in [0.15, 0.2) is 0 Å². The van der Waals surface area contributed by atoms with Crippen molar-refractivity contribution in [3.63, 3.8) is 0 Å². The van der Waals surface area contributed by atoms with Crippen molar-refractivity contribution in [1.82, 2.24) is 9.97 Å². The zero-order chi connectivity index (χ0) is 9.68. The predicted octanol–water partition coefficient (Wildman–Crippen LogP) is 0.662. The van der Waals surface area contributed by atoms with Gasteiger partial charge in [0.25, 0.3) is 0 Å². The van der Waals surface area contributed by atoms with E-state index in [0.29, 0.717) is 12.5 Å². The van der Waals surface area contributed by atoms with E-state index < -0.39 is 5.97 Å². The van der Waals surface area contributed by atoms with Gasteiger partial charge in [-0.3, -0.25) is 0 Å². The molecular formula is C8H10N2O3. The molecule has 0 saturated carbocycles. The Bertz CT molecular complexity index is 301. The molecule has 1 heterocycles. The monoisotopic (exact) mass is 182 g/mol. The Labute approximate surface area is 75.7 Å². The average molecular weight is 182 g/mol. The zero-order valence-electron chi connectivity index (χ0n) is 7.48. The number of aromatic nitrogens is 2. The number of carbonyl (C=O) groups excluding carboxylic acids is 1. The number of nitrogens with zero attached hydrogens (tertiary/aromatic N) is 2. The molecule has 1 aromatic heterocycles. The lowest BCUT2D eigenvalue weighted by atomic mass is 10.5. The second-order valence-electron chi connectivity index (χ2n) is 2.14. The summed E-state index contributed by atoms with van der Waals surface area (Å²) in [6.07, 6.45) is 1.45. The fourth-order valence-corrected chi connectivity index (χ4v) is 0.760. The molecule has 0 radical (unpaired) electrons. The normalized spacial score (nSPS) is 9.38. The van der Waals surface area contributed by atoms with E-state index in [9.17, 15) is 4.79 Å². The van der Waals surface area contributed by atoms with Gasteiger partial charge < -0.3 is 9.47 Å². The second-order valence-corrected chi connectivity index (χ2v) is 2.14. The second kappa shape index (κ2) is 4.39. The van der Waals surface area contributed by atoms with Gasteiger partial charge in [0, 0.05) is 12.3 Å². The first kappa shape index (κ1) is 9.44. The number of ether oxygens (including phenoxy) is 2. The highest BCUT2D eigenvalue weighted by Crippen LogP contribution is 2.05. The summed E-state index contributed by atoms with van der Waals surface area (Å²) in [6.45, 7) is 2.33. The highest BCUT2D eigenvalue weighted by molar-refractivity contribution is 5.84. The summed E-state index contributed by atoms with van der Waals surface area (Å²) < 4.78 is 9.53. The molecule has 0 aliphatic heterocycles. The summed E-state index contributed by atoms with van der Waals surface area (Å²) in [5.41, 5.74) is 0. The summed E-state index contributed by atoms with van der Waals surface area (Å²) in [5, 5.41) is 0. The Balaban J connectivity index is 2.85. The van der Waals surface area contributed by atoms with E-state index in [2.05, 4.69) is 14.7 Å². The third-order valence-corrected chi connectivity index (χ3v) is 1.29. The summed E-state index contributed by atoms with van der Waals surface area (Å²) in [7, 11) is 1.28. The Morgan fingerprint density at radius 1 is 1.62 bits per heavy atom. The molecule has 0 aromatic carbocycles. The van der Waals surface area contributed by atoms with Crippen molar-refractivity contribution in [2.45, 2.75) is 6.92 Å². The SMILES string of the molecule is CCOc1ccnc(C(=O)OC)n1. The first-order valence-electron chi connectivity index (χ1n) is 3.82. The minimum Gasteiger partial charge on any atom is -0.478 e. The van der Waals surface area contributed by atoms with Gasteiger partial charge in [0.2, 0.25) is 11.7 Å². The van der Waals surface area contributed by atoms with Crippen LogP contribution in [0, 0.1) is 0 Å². The van der Waals surface area contributed by atoms with E-state index in [1.807, 2.05) is 6.92 Å². The topological polar surface area (TPSA) is 61.3 Å². The van der Waals surface area contributed by atoms with Crippen LogP contribution in [0.5, 0.6) is 5.88 Å². The summed E-state index contributed by atoms with van der Waals surface area (Å²) in [4.78, 5) is 18.5. The number of hydrogen-bond donors (Lipinski definition) is 0. The largest absolute Gasteiger partial charge is 0.478 e. The molecule has 0 fully saturated rings. The number of carbonyl (C=O) groups is 1. The summed E-state index contributed by atoms with van der Waals surface area (Å²) in [6, 6.07) is 1.58. The van der Waals surface area contributed by atoms with Gasteiger partial charge >= 0.3 is 5.97 Å². The molecule has 0 unspecified atom stereocenters. The zero-order valence-corrected chi connectivity index (χ0v) is 7.48. The lowest BCUT2D eigenvalue weighted by Crippen LogP contribution is -2.08. The van der Waals surface area contributed by atoms with E-state index in [1.165, 1.54) is 13.3 Å².